The number of carbonyl (C=O) groups is 1. The Morgan fingerprint density at radius 3 is 2.46 bits per heavy atom. The lowest BCUT2D eigenvalue weighted by atomic mass is 10.2. The summed E-state index contributed by atoms with van der Waals surface area (Å²) < 4.78 is 11.0. The maximum atomic E-state index is 10.8. The van der Waals surface area contributed by atoms with Gasteiger partial charge in [-0.1, -0.05) is 17.7 Å². The van der Waals surface area contributed by atoms with Crippen molar-refractivity contribution in [1.29, 1.82) is 0 Å². The highest BCUT2D eigenvalue weighted by Gasteiger charge is 2.12. The van der Waals surface area contributed by atoms with E-state index in [2.05, 4.69) is 4.98 Å². The molecule has 0 saturated heterocycles. The Morgan fingerprint density at radius 1 is 1.08 bits per heavy atom. The molecule has 24 heavy (non-hydrogen) atoms. The monoisotopic (exact) mass is 343 g/mol. The number of rotatable bonds is 5. The molecule has 1 aromatic heterocycles. The van der Waals surface area contributed by atoms with Crippen molar-refractivity contribution in [3.05, 3.63) is 59.6 Å². The normalized spacial score (nSPS) is 11.9. The van der Waals surface area contributed by atoms with Crippen LogP contribution in [0.3, 0.4) is 0 Å². The SMILES string of the molecule is C[C@H](Oc1ccc(Oc2ccc3ccc(Cl)cc3n2)cc1)C(=O)O. The van der Waals surface area contributed by atoms with Crippen LogP contribution < -0.4 is 9.47 Å². The summed E-state index contributed by atoms with van der Waals surface area (Å²) in [7, 11) is 0. The fourth-order valence-electron chi connectivity index (χ4n) is 2.09. The van der Waals surface area contributed by atoms with Crippen LogP contribution in [0.5, 0.6) is 17.4 Å². The lowest BCUT2D eigenvalue weighted by Crippen LogP contribution is -2.22. The van der Waals surface area contributed by atoms with Crippen molar-refractivity contribution in [2.75, 3.05) is 0 Å². The highest BCUT2D eigenvalue weighted by molar-refractivity contribution is 6.31. The number of hydrogen-bond acceptors (Lipinski definition) is 4. The molecule has 0 radical (unpaired) electrons. The summed E-state index contributed by atoms with van der Waals surface area (Å²) in [4.78, 5) is 15.2. The van der Waals surface area contributed by atoms with Crippen LogP contribution in [0, 0.1) is 0 Å². The van der Waals surface area contributed by atoms with Gasteiger partial charge < -0.3 is 14.6 Å². The van der Waals surface area contributed by atoms with E-state index in [1.54, 1.807) is 36.4 Å². The molecule has 0 bridgehead atoms. The number of aromatic nitrogens is 1. The quantitative estimate of drug-likeness (QED) is 0.737. The Labute approximate surface area is 143 Å². The lowest BCUT2D eigenvalue weighted by Gasteiger charge is -2.11. The van der Waals surface area contributed by atoms with Gasteiger partial charge in [-0.25, -0.2) is 9.78 Å². The lowest BCUT2D eigenvalue weighted by molar-refractivity contribution is -0.144. The van der Waals surface area contributed by atoms with Gasteiger partial charge in [-0.2, -0.15) is 0 Å². The molecule has 0 aliphatic heterocycles. The average Bonchev–Trinajstić information content (AvgIpc) is 2.56. The van der Waals surface area contributed by atoms with Crippen molar-refractivity contribution in [1.82, 2.24) is 4.98 Å². The molecular weight excluding hydrogens is 330 g/mol. The molecule has 0 amide bonds. The van der Waals surface area contributed by atoms with E-state index in [1.165, 1.54) is 6.92 Å². The molecular formula is C18H14ClNO4. The number of hydrogen-bond donors (Lipinski definition) is 1. The molecule has 1 N–H and O–H groups in total. The summed E-state index contributed by atoms with van der Waals surface area (Å²) in [5.74, 6) is 0.446. The first-order valence-corrected chi connectivity index (χ1v) is 7.63. The summed E-state index contributed by atoms with van der Waals surface area (Å²) >= 11 is 5.98. The number of halogens is 1. The van der Waals surface area contributed by atoms with Crippen LogP contribution in [0.4, 0.5) is 0 Å². The molecule has 1 heterocycles. The highest BCUT2D eigenvalue weighted by Crippen LogP contribution is 2.26. The number of pyridine rings is 1. The maximum absolute atomic E-state index is 10.8. The molecule has 0 fully saturated rings. The molecule has 5 nitrogen and oxygen atoms in total. The number of carboxylic acids is 1. The Kier molecular flexibility index (Phi) is 4.53. The number of aliphatic carboxylic acids is 1. The topological polar surface area (TPSA) is 68.7 Å². The van der Waals surface area contributed by atoms with Gasteiger partial charge in [0.2, 0.25) is 5.88 Å². The zero-order chi connectivity index (χ0) is 17.1. The third kappa shape index (κ3) is 3.75. The Hall–Kier alpha value is -2.79. The van der Waals surface area contributed by atoms with E-state index >= 15 is 0 Å². The smallest absolute Gasteiger partial charge is 0.344 e. The standard InChI is InChI=1S/C18H14ClNO4/c1-11(18(21)22)23-14-5-7-15(8-6-14)24-17-9-3-12-2-4-13(19)10-16(12)20-17/h2-11H,1H3,(H,21,22)/t11-/m0/s1. The molecule has 0 unspecified atom stereocenters. The number of ether oxygens (including phenoxy) is 2. The first-order valence-electron chi connectivity index (χ1n) is 7.25. The Morgan fingerprint density at radius 2 is 1.75 bits per heavy atom. The van der Waals surface area contributed by atoms with Crippen LogP contribution in [0.1, 0.15) is 6.92 Å². The van der Waals surface area contributed by atoms with Crippen molar-refractivity contribution in [3.8, 4) is 17.4 Å². The third-order valence-electron chi connectivity index (χ3n) is 3.34. The second kappa shape index (κ2) is 6.76. The van der Waals surface area contributed by atoms with E-state index in [4.69, 9.17) is 26.2 Å². The predicted octanol–water partition coefficient (Wildman–Crippen LogP) is 4.53. The van der Waals surface area contributed by atoms with Gasteiger partial charge in [0.1, 0.15) is 11.5 Å². The molecule has 0 spiro atoms. The minimum Gasteiger partial charge on any atom is -0.479 e. The van der Waals surface area contributed by atoms with Gasteiger partial charge in [0.15, 0.2) is 6.10 Å². The van der Waals surface area contributed by atoms with E-state index < -0.39 is 12.1 Å². The van der Waals surface area contributed by atoms with Crippen LogP contribution in [0.25, 0.3) is 10.9 Å². The second-order valence-electron chi connectivity index (χ2n) is 5.16. The predicted molar refractivity (Wildman–Crippen MR) is 91.0 cm³/mol. The molecule has 0 aliphatic carbocycles. The minimum atomic E-state index is -1.02. The summed E-state index contributed by atoms with van der Waals surface area (Å²) in [5.41, 5.74) is 0.746. The second-order valence-corrected chi connectivity index (χ2v) is 5.59. The van der Waals surface area contributed by atoms with Crippen molar-refractivity contribution in [2.24, 2.45) is 0 Å². The number of benzene rings is 2. The molecule has 3 rings (SSSR count). The summed E-state index contributed by atoms with van der Waals surface area (Å²) in [6.45, 7) is 1.47. The van der Waals surface area contributed by atoms with Crippen LogP contribution in [-0.4, -0.2) is 22.2 Å². The van der Waals surface area contributed by atoms with Gasteiger partial charge in [-0.3, -0.25) is 0 Å². The molecule has 6 heteroatoms. The van der Waals surface area contributed by atoms with Crippen molar-refractivity contribution >= 4 is 28.5 Å². The Balaban J connectivity index is 1.75. The van der Waals surface area contributed by atoms with Crippen molar-refractivity contribution < 1.29 is 19.4 Å². The first-order chi connectivity index (χ1) is 11.5. The molecule has 0 aliphatic rings. The largest absolute Gasteiger partial charge is 0.479 e. The minimum absolute atomic E-state index is 0.442. The van der Waals surface area contributed by atoms with E-state index in [0.29, 0.717) is 22.4 Å². The van der Waals surface area contributed by atoms with Gasteiger partial charge in [0.05, 0.1) is 5.52 Å². The average molecular weight is 344 g/mol. The Bertz CT molecular complexity index is 880. The van der Waals surface area contributed by atoms with Crippen LogP contribution >= 0.6 is 11.6 Å². The van der Waals surface area contributed by atoms with Crippen LogP contribution in [-0.2, 0) is 4.79 Å². The van der Waals surface area contributed by atoms with E-state index in [9.17, 15) is 4.79 Å². The van der Waals surface area contributed by atoms with Gasteiger partial charge >= 0.3 is 5.97 Å². The van der Waals surface area contributed by atoms with Gasteiger partial charge in [-0.05, 0) is 49.4 Å². The molecule has 122 valence electrons. The zero-order valence-corrected chi connectivity index (χ0v) is 13.5. The molecule has 1 atom stereocenters. The molecule has 2 aromatic carbocycles. The van der Waals surface area contributed by atoms with Gasteiger partial charge in [0, 0.05) is 16.5 Å². The molecule has 3 aromatic rings. The summed E-state index contributed by atoms with van der Waals surface area (Å²) in [6, 6.07) is 15.8. The number of carboxylic acid groups (broad SMARTS) is 1. The summed E-state index contributed by atoms with van der Waals surface area (Å²) in [5, 5.41) is 10.4. The van der Waals surface area contributed by atoms with E-state index in [1.807, 2.05) is 18.2 Å². The summed E-state index contributed by atoms with van der Waals surface area (Å²) in [6.07, 6.45) is -0.913. The van der Waals surface area contributed by atoms with Crippen molar-refractivity contribution in [2.45, 2.75) is 13.0 Å². The number of nitrogens with zero attached hydrogens (tertiary/aromatic N) is 1. The fourth-order valence-corrected chi connectivity index (χ4v) is 2.26. The highest BCUT2D eigenvalue weighted by atomic mass is 35.5. The fraction of sp³-hybridized carbons (Fsp3) is 0.111. The van der Waals surface area contributed by atoms with Crippen LogP contribution in [0.15, 0.2) is 54.6 Å². The maximum Gasteiger partial charge on any atom is 0.344 e. The van der Waals surface area contributed by atoms with Crippen LogP contribution in [0.2, 0.25) is 5.02 Å². The molecule has 0 saturated carbocycles. The third-order valence-corrected chi connectivity index (χ3v) is 3.57. The van der Waals surface area contributed by atoms with Gasteiger partial charge in [-0.15, -0.1) is 0 Å². The zero-order valence-electron chi connectivity index (χ0n) is 12.8. The van der Waals surface area contributed by atoms with E-state index in [0.717, 1.165) is 10.9 Å². The van der Waals surface area contributed by atoms with Crippen molar-refractivity contribution in [3.63, 3.8) is 0 Å². The number of fused-ring (bicyclic) bond motifs is 1. The van der Waals surface area contributed by atoms with Gasteiger partial charge in [0.25, 0.3) is 0 Å². The van der Waals surface area contributed by atoms with E-state index in [-0.39, 0.29) is 0 Å². The first kappa shape index (κ1) is 16.1.